The van der Waals surface area contributed by atoms with E-state index in [2.05, 4.69) is 5.32 Å². The number of carbonyl (C=O) groups excluding carboxylic acids is 1. The van der Waals surface area contributed by atoms with Crippen LogP contribution in [0.3, 0.4) is 0 Å². The minimum Gasteiger partial charge on any atom is -0.385 e. The highest BCUT2D eigenvalue weighted by Gasteiger charge is 2.24. The van der Waals surface area contributed by atoms with Crippen molar-refractivity contribution in [2.45, 2.75) is 46.3 Å². The monoisotopic (exact) mass is 442 g/mol. The fourth-order valence-electron chi connectivity index (χ4n) is 3.57. The van der Waals surface area contributed by atoms with Gasteiger partial charge in [-0.1, -0.05) is 11.1 Å². The van der Waals surface area contributed by atoms with E-state index in [9.17, 15) is 9.59 Å². The van der Waals surface area contributed by atoms with Gasteiger partial charge in [-0.3, -0.25) is 14.0 Å². The molecule has 0 aliphatic heterocycles. The molecule has 0 saturated carbocycles. The van der Waals surface area contributed by atoms with E-state index in [0.29, 0.717) is 55.8 Å². The van der Waals surface area contributed by atoms with Gasteiger partial charge in [0.1, 0.15) is 10.9 Å². The second-order valence-electron chi connectivity index (χ2n) is 8.01. The molecule has 0 unspecified atom stereocenters. The van der Waals surface area contributed by atoms with E-state index in [-0.39, 0.29) is 29.0 Å². The molecular formula is C23H32N5O4+. The predicted molar refractivity (Wildman–Crippen MR) is 123 cm³/mol. The molecule has 0 bridgehead atoms. The number of hydrogen-bond acceptors (Lipinski definition) is 6. The Morgan fingerprint density at radius 1 is 1.31 bits per heavy atom. The fourth-order valence-corrected chi connectivity index (χ4v) is 3.57. The number of ether oxygens (including phenoxy) is 2. The van der Waals surface area contributed by atoms with Crippen LogP contribution >= 0.6 is 0 Å². The zero-order valence-electron chi connectivity index (χ0n) is 19.2. The van der Waals surface area contributed by atoms with Gasteiger partial charge in [-0.15, -0.1) is 0 Å². The molecule has 32 heavy (non-hydrogen) atoms. The van der Waals surface area contributed by atoms with E-state index in [4.69, 9.17) is 20.2 Å². The van der Waals surface area contributed by atoms with Gasteiger partial charge in [-0.25, -0.2) is 4.57 Å². The van der Waals surface area contributed by atoms with E-state index in [0.717, 1.165) is 5.56 Å². The maximum atomic E-state index is 13.3. The summed E-state index contributed by atoms with van der Waals surface area (Å²) in [5.41, 5.74) is 8.36. The van der Waals surface area contributed by atoms with Crippen LogP contribution < -0.4 is 21.2 Å². The van der Waals surface area contributed by atoms with E-state index in [1.807, 2.05) is 26.8 Å². The smallest absolute Gasteiger partial charge is 0.278 e. The van der Waals surface area contributed by atoms with Crippen LogP contribution in [0.2, 0.25) is 0 Å². The van der Waals surface area contributed by atoms with Gasteiger partial charge < -0.3 is 20.5 Å². The zero-order valence-corrected chi connectivity index (χ0v) is 19.2. The van der Waals surface area contributed by atoms with Crippen LogP contribution in [0, 0.1) is 6.92 Å². The van der Waals surface area contributed by atoms with Gasteiger partial charge in [0.05, 0.1) is 12.6 Å². The molecule has 0 aromatic carbocycles. The zero-order chi connectivity index (χ0) is 23.3. The van der Waals surface area contributed by atoms with Crippen LogP contribution in [0.1, 0.15) is 42.6 Å². The Morgan fingerprint density at radius 2 is 2.09 bits per heavy atom. The lowest BCUT2D eigenvalue weighted by Crippen LogP contribution is -2.43. The molecule has 3 heterocycles. The molecule has 0 aliphatic rings. The number of pyridine rings is 2. The van der Waals surface area contributed by atoms with Crippen LogP contribution in [-0.2, 0) is 16.0 Å². The Bertz CT molecular complexity index is 1170. The Kier molecular flexibility index (Phi) is 7.76. The molecule has 1 amide bonds. The van der Waals surface area contributed by atoms with Crippen LogP contribution in [0.5, 0.6) is 0 Å². The number of nitrogens with two attached hydrogens (primary N) is 1. The molecule has 0 atom stereocenters. The van der Waals surface area contributed by atoms with E-state index in [1.54, 1.807) is 30.0 Å². The first kappa shape index (κ1) is 23.6. The number of nitrogens with zero attached hydrogens (tertiary/aromatic N) is 3. The van der Waals surface area contributed by atoms with Gasteiger partial charge in [0.2, 0.25) is 11.5 Å². The number of methoxy groups -OCH3 is 1. The number of aromatic nitrogens is 3. The number of fused-ring (bicyclic) bond motifs is 2. The number of amides is 1. The van der Waals surface area contributed by atoms with Crippen molar-refractivity contribution < 1.29 is 18.8 Å². The normalized spacial score (nSPS) is 11.5. The van der Waals surface area contributed by atoms with Crippen LogP contribution in [-0.4, -0.2) is 48.3 Å². The quantitative estimate of drug-likeness (QED) is 0.280. The lowest BCUT2D eigenvalue weighted by molar-refractivity contribution is -0.659. The molecule has 3 aromatic rings. The van der Waals surface area contributed by atoms with Gasteiger partial charge in [0, 0.05) is 45.0 Å². The van der Waals surface area contributed by atoms with Crippen molar-refractivity contribution in [3.63, 3.8) is 0 Å². The average Bonchev–Trinajstić information content (AvgIpc) is 2.76. The minimum atomic E-state index is -0.332. The molecular weight excluding hydrogens is 410 g/mol. The highest BCUT2D eigenvalue weighted by atomic mass is 16.5. The van der Waals surface area contributed by atoms with Crippen LogP contribution in [0.4, 0.5) is 5.82 Å². The summed E-state index contributed by atoms with van der Waals surface area (Å²) in [5, 5.41) is 3.19. The Morgan fingerprint density at radius 3 is 2.81 bits per heavy atom. The maximum absolute atomic E-state index is 13.3. The molecule has 172 valence electrons. The molecule has 9 nitrogen and oxygen atoms in total. The van der Waals surface area contributed by atoms with Crippen molar-refractivity contribution in [2.24, 2.45) is 0 Å². The van der Waals surface area contributed by atoms with E-state index >= 15 is 0 Å². The maximum Gasteiger partial charge on any atom is 0.278 e. The van der Waals surface area contributed by atoms with Crippen LogP contribution in [0.25, 0.3) is 16.7 Å². The van der Waals surface area contributed by atoms with Gasteiger partial charge >= 0.3 is 0 Å². The number of nitrogens with one attached hydrogen (secondary N) is 1. The van der Waals surface area contributed by atoms with Crippen molar-refractivity contribution in [3.8, 4) is 0 Å². The van der Waals surface area contributed by atoms with Gasteiger partial charge in [0.15, 0.2) is 0 Å². The van der Waals surface area contributed by atoms with Crippen molar-refractivity contribution in [1.29, 1.82) is 0 Å². The van der Waals surface area contributed by atoms with Gasteiger partial charge in [-0.05, 0) is 39.3 Å². The summed E-state index contributed by atoms with van der Waals surface area (Å²) >= 11 is 0. The van der Waals surface area contributed by atoms with Crippen molar-refractivity contribution in [2.75, 3.05) is 32.6 Å². The summed E-state index contributed by atoms with van der Waals surface area (Å²) in [7, 11) is 1.61. The number of carbonyl (C=O) groups is 1. The summed E-state index contributed by atoms with van der Waals surface area (Å²) in [6.07, 6.45) is 3.14. The first-order valence-corrected chi connectivity index (χ1v) is 10.9. The number of hydrogen-bond donors (Lipinski definition) is 2. The van der Waals surface area contributed by atoms with Gasteiger partial charge in [0.25, 0.3) is 17.1 Å². The molecule has 0 spiro atoms. The molecule has 3 rings (SSSR count). The molecule has 0 saturated heterocycles. The van der Waals surface area contributed by atoms with Crippen molar-refractivity contribution in [1.82, 2.24) is 14.7 Å². The SMILES string of the molecule is COCCCNC(=O)c1cc2c(=O)n3cccc(C)c3nc2[n+](CCCOC(C)C)c1N. The average molecular weight is 443 g/mol. The topological polar surface area (TPSA) is 112 Å². The molecule has 0 aliphatic carbocycles. The number of nitrogen functional groups attached to an aromatic ring is 1. The Balaban J connectivity index is 2.10. The lowest BCUT2D eigenvalue weighted by Gasteiger charge is -2.13. The fraction of sp³-hybridized carbons (Fsp3) is 0.478. The van der Waals surface area contributed by atoms with E-state index < -0.39 is 0 Å². The second-order valence-corrected chi connectivity index (χ2v) is 8.01. The third-order valence-electron chi connectivity index (χ3n) is 5.21. The summed E-state index contributed by atoms with van der Waals surface area (Å²) in [5.74, 6) is -0.0578. The molecule has 3 N–H and O–H groups in total. The summed E-state index contributed by atoms with van der Waals surface area (Å²) in [6, 6.07) is 5.25. The molecule has 0 fully saturated rings. The number of aryl methyl sites for hydroxylation is 2. The highest BCUT2D eigenvalue weighted by Crippen LogP contribution is 2.16. The van der Waals surface area contributed by atoms with Crippen LogP contribution in [0.15, 0.2) is 29.2 Å². The predicted octanol–water partition coefficient (Wildman–Crippen LogP) is 1.61. The third kappa shape index (κ3) is 5.05. The second kappa shape index (κ2) is 10.5. The number of rotatable bonds is 10. The molecule has 9 heteroatoms. The van der Waals surface area contributed by atoms with Gasteiger partial charge in [-0.2, -0.15) is 0 Å². The standard InChI is InChI=1S/C23H31N5O4/c1-15(2)32-13-7-11-27-19(24)17(22(29)25-9-6-12-31-4)14-18-21(27)26-20-16(3)8-5-10-28(20)23(18)30/h5,8,10,14-15,24H,6-7,9,11-13H2,1-4H3,(H,25,29)/p+1. The first-order valence-electron chi connectivity index (χ1n) is 10.9. The van der Waals surface area contributed by atoms with E-state index in [1.165, 1.54) is 4.40 Å². The van der Waals surface area contributed by atoms with Crippen molar-refractivity contribution in [3.05, 3.63) is 45.9 Å². The molecule has 3 aromatic heterocycles. The Labute approximate surface area is 187 Å². The summed E-state index contributed by atoms with van der Waals surface area (Å²) < 4.78 is 13.9. The minimum absolute atomic E-state index is 0.118. The Hall–Kier alpha value is -3.04. The summed E-state index contributed by atoms with van der Waals surface area (Å²) in [4.78, 5) is 30.9. The first-order chi connectivity index (χ1) is 15.3. The number of anilines is 1. The highest BCUT2D eigenvalue weighted by molar-refractivity contribution is 6.00. The largest absolute Gasteiger partial charge is 0.385 e. The summed E-state index contributed by atoms with van der Waals surface area (Å²) in [6.45, 7) is 7.84. The van der Waals surface area contributed by atoms with Crippen molar-refractivity contribution >= 4 is 28.4 Å². The molecule has 0 radical (unpaired) electrons. The lowest BCUT2D eigenvalue weighted by atomic mass is 10.1. The third-order valence-corrected chi connectivity index (χ3v) is 5.21.